The number of hydrogen-bond acceptors (Lipinski definition) is 6. The maximum atomic E-state index is 12.5. The molecule has 7 heteroatoms. The Labute approximate surface area is 158 Å². The van der Waals surface area contributed by atoms with Gasteiger partial charge in [-0.3, -0.25) is 4.79 Å². The Bertz CT molecular complexity index is 756. The summed E-state index contributed by atoms with van der Waals surface area (Å²) in [6.07, 6.45) is 5.60. The van der Waals surface area contributed by atoms with Gasteiger partial charge in [-0.1, -0.05) is 17.5 Å². The van der Waals surface area contributed by atoms with Crippen molar-refractivity contribution < 1.29 is 14.3 Å². The maximum Gasteiger partial charge on any atom is 0.265 e. The molecule has 6 nitrogen and oxygen atoms in total. The van der Waals surface area contributed by atoms with Gasteiger partial charge in [0.05, 0.1) is 24.9 Å². The molecule has 1 aromatic heterocycles. The van der Waals surface area contributed by atoms with Gasteiger partial charge < -0.3 is 14.8 Å². The first-order chi connectivity index (χ1) is 12.6. The van der Waals surface area contributed by atoms with Crippen molar-refractivity contribution in [3.8, 4) is 11.5 Å². The van der Waals surface area contributed by atoms with E-state index < -0.39 is 0 Å². The van der Waals surface area contributed by atoms with Crippen molar-refractivity contribution in [2.24, 2.45) is 0 Å². The molecule has 1 unspecified atom stereocenters. The Morgan fingerprint density at radius 3 is 2.81 bits per heavy atom. The smallest absolute Gasteiger partial charge is 0.265 e. The molecule has 2 aromatic rings. The standard InChI is InChI=1S/C19H25N3O3S/c1-4-15-18(26-22-21-15)19(23)20-12(2)13-9-10-16(17(11-13)24-3)25-14-7-5-6-8-14/h9-12,14H,4-8H2,1-3H3,(H,20,23). The molecule has 140 valence electrons. The monoisotopic (exact) mass is 375 g/mol. The number of benzene rings is 1. The average molecular weight is 375 g/mol. The number of nitrogens with one attached hydrogen (secondary N) is 1. The SMILES string of the molecule is CCc1nnsc1C(=O)NC(C)c1ccc(OC2CCCC2)c(OC)c1. The van der Waals surface area contributed by atoms with E-state index in [2.05, 4.69) is 14.9 Å². The van der Waals surface area contributed by atoms with Crippen molar-refractivity contribution >= 4 is 17.4 Å². The quantitative estimate of drug-likeness (QED) is 0.794. The van der Waals surface area contributed by atoms with Gasteiger partial charge in [-0.05, 0) is 68.3 Å². The lowest BCUT2D eigenvalue weighted by molar-refractivity contribution is 0.0943. The van der Waals surface area contributed by atoms with Gasteiger partial charge in [0.1, 0.15) is 4.88 Å². The highest BCUT2D eigenvalue weighted by Crippen LogP contribution is 2.33. The van der Waals surface area contributed by atoms with Crippen LogP contribution in [-0.4, -0.2) is 28.7 Å². The van der Waals surface area contributed by atoms with E-state index in [1.807, 2.05) is 32.0 Å². The van der Waals surface area contributed by atoms with Crippen LogP contribution in [0.4, 0.5) is 0 Å². The molecule has 0 saturated heterocycles. The van der Waals surface area contributed by atoms with Crippen LogP contribution in [0.5, 0.6) is 11.5 Å². The molecule has 1 fully saturated rings. The molecule has 1 heterocycles. The van der Waals surface area contributed by atoms with Crippen LogP contribution in [0.2, 0.25) is 0 Å². The molecule has 1 aliphatic carbocycles. The lowest BCUT2D eigenvalue weighted by Crippen LogP contribution is -2.26. The summed E-state index contributed by atoms with van der Waals surface area (Å²) in [5.74, 6) is 1.32. The summed E-state index contributed by atoms with van der Waals surface area (Å²) in [7, 11) is 1.64. The second-order valence-corrected chi connectivity index (χ2v) is 7.29. The van der Waals surface area contributed by atoms with E-state index in [1.54, 1.807) is 7.11 Å². The number of amides is 1. The van der Waals surface area contributed by atoms with Crippen molar-refractivity contribution in [2.45, 2.75) is 58.1 Å². The fraction of sp³-hybridized carbons (Fsp3) is 0.526. The Morgan fingerprint density at radius 1 is 1.35 bits per heavy atom. The van der Waals surface area contributed by atoms with E-state index in [1.165, 1.54) is 12.8 Å². The molecule has 26 heavy (non-hydrogen) atoms. The van der Waals surface area contributed by atoms with Crippen LogP contribution >= 0.6 is 11.5 Å². The summed E-state index contributed by atoms with van der Waals surface area (Å²) in [5, 5.41) is 7.01. The zero-order chi connectivity index (χ0) is 18.5. The van der Waals surface area contributed by atoms with Gasteiger partial charge in [-0.15, -0.1) is 5.10 Å². The largest absolute Gasteiger partial charge is 0.493 e. The molecule has 0 radical (unpaired) electrons. The van der Waals surface area contributed by atoms with Gasteiger partial charge in [0.2, 0.25) is 0 Å². The average Bonchev–Trinajstić information content (AvgIpc) is 3.33. The molecule has 1 atom stereocenters. The summed E-state index contributed by atoms with van der Waals surface area (Å²) in [6, 6.07) is 5.68. The summed E-state index contributed by atoms with van der Waals surface area (Å²) >= 11 is 1.13. The van der Waals surface area contributed by atoms with Gasteiger partial charge in [0, 0.05) is 0 Å². The van der Waals surface area contributed by atoms with Crippen molar-refractivity contribution in [2.75, 3.05) is 7.11 Å². The second kappa shape index (κ2) is 8.49. The van der Waals surface area contributed by atoms with Crippen LogP contribution in [0.15, 0.2) is 18.2 Å². The third kappa shape index (κ3) is 4.15. The molecular formula is C19H25N3O3S. The molecule has 1 amide bonds. The molecule has 0 spiro atoms. The van der Waals surface area contributed by atoms with Crippen LogP contribution in [-0.2, 0) is 6.42 Å². The van der Waals surface area contributed by atoms with E-state index >= 15 is 0 Å². The first-order valence-electron chi connectivity index (χ1n) is 9.09. The van der Waals surface area contributed by atoms with Crippen molar-refractivity contribution in [3.05, 3.63) is 34.3 Å². The maximum absolute atomic E-state index is 12.5. The number of rotatable bonds is 7. The first-order valence-corrected chi connectivity index (χ1v) is 9.86. The van der Waals surface area contributed by atoms with Crippen molar-refractivity contribution in [1.82, 2.24) is 14.9 Å². The third-order valence-corrected chi connectivity index (χ3v) is 5.49. The van der Waals surface area contributed by atoms with Gasteiger partial charge in [-0.25, -0.2) is 0 Å². The minimum Gasteiger partial charge on any atom is -0.493 e. The summed E-state index contributed by atoms with van der Waals surface area (Å²) in [5.41, 5.74) is 1.70. The molecule has 1 aromatic carbocycles. The van der Waals surface area contributed by atoms with Gasteiger partial charge >= 0.3 is 0 Å². The van der Waals surface area contributed by atoms with Crippen LogP contribution in [0.1, 0.15) is 66.5 Å². The molecule has 1 saturated carbocycles. The number of hydrogen-bond donors (Lipinski definition) is 1. The van der Waals surface area contributed by atoms with E-state index in [9.17, 15) is 4.79 Å². The van der Waals surface area contributed by atoms with Crippen LogP contribution in [0.3, 0.4) is 0 Å². The molecule has 0 bridgehead atoms. The van der Waals surface area contributed by atoms with Crippen LogP contribution < -0.4 is 14.8 Å². The Morgan fingerprint density at radius 2 is 2.12 bits per heavy atom. The van der Waals surface area contributed by atoms with Gasteiger partial charge in [0.15, 0.2) is 11.5 Å². The normalized spacial score (nSPS) is 15.7. The highest BCUT2D eigenvalue weighted by atomic mass is 32.1. The highest BCUT2D eigenvalue weighted by Gasteiger charge is 2.21. The molecule has 3 rings (SSSR count). The fourth-order valence-electron chi connectivity index (χ4n) is 3.19. The van der Waals surface area contributed by atoms with Gasteiger partial charge in [0.25, 0.3) is 5.91 Å². The molecule has 1 aliphatic rings. The number of carbonyl (C=O) groups excluding carboxylic acids is 1. The zero-order valence-corrected chi connectivity index (χ0v) is 16.3. The predicted octanol–water partition coefficient (Wildman–Crippen LogP) is 3.92. The van der Waals surface area contributed by atoms with E-state index in [4.69, 9.17) is 9.47 Å². The van der Waals surface area contributed by atoms with Crippen LogP contribution in [0, 0.1) is 0 Å². The lowest BCUT2D eigenvalue weighted by Gasteiger charge is -2.19. The number of methoxy groups -OCH3 is 1. The summed E-state index contributed by atoms with van der Waals surface area (Å²) in [4.78, 5) is 13.1. The molecule has 1 N–H and O–H groups in total. The number of nitrogens with zero attached hydrogens (tertiary/aromatic N) is 2. The Kier molecular flexibility index (Phi) is 6.08. The molecular weight excluding hydrogens is 350 g/mol. The summed E-state index contributed by atoms with van der Waals surface area (Å²) in [6.45, 7) is 3.91. The molecule has 0 aliphatic heterocycles. The Hall–Kier alpha value is -2.15. The zero-order valence-electron chi connectivity index (χ0n) is 15.4. The van der Waals surface area contributed by atoms with E-state index in [0.29, 0.717) is 17.0 Å². The third-order valence-electron chi connectivity index (χ3n) is 4.73. The predicted molar refractivity (Wildman–Crippen MR) is 101 cm³/mol. The first kappa shape index (κ1) is 18.6. The number of ether oxygens (including phenoxy) is 2. The number of aromatic nitrogens is 2. The topological polar surface area (TPSA) is 73.3 Å². The second-order valence-electron chi connectivity index (χ2n) is 6.53. The summed E-state index contributed by atoms with van der Waals surface area (Å²) < 4.78 is 15.5. The van der Waals surface area contributed by atoms with Crippen molar-refractivity contribution in [1.29, 1.82) is 0 Å². The van der Waals surface area contributed by atoms with Crippen molar-refractivity contribution in [3.63, 3.8) is 0 Å². The van der Waals surface area contributed by atoms with Gasteiger partial charge in [-0.2, -0.15) is 0 Å². The fourth-order valence-corrected chi connectivity index (χ4v) is 3.85. The highest BCUT2D eigenvalue weighted by molar-refractivity contribution is 7.08. The minimum atomic E-state index is -0.163. The number of carbonyl (C=O) groups is 1. The Balaban J connectivity index is 1.70. The lowest BCUT2D eigenvalue weighted by atomic mass is 10.1. The van der Waals surface area contributed by atoms with Crippen LogP contribution in [0.25, 0.3) is 0 Å². The van der Waals surface area contributed by atoms with E-state index in [-0.39, 0.29) is 18.1 Å². The number of aryl methyl sites for hydroxylation is 1. The minimum absolute atomic E-state index is 0.144. The van der Waals surface area contributed by atoms with E-state index in [0.717, 1.165) is 41.4 Å².